The first-order chi connectivity index (χ1) is 11.8. The minimum absolute atomic E-state index is 0.0989. The molecule has 0 spiro atoms. The zero-order valence-electron chi connectivity index (χ0n) is 14.6. The maximum absolute atomic E-state index is 11.2. The van der Waals surface area contributed by atoms with Crippen molar-refractivity contribution in [3.05, 3.63) is 77.0 Å². The van der Waals surface area contributed by atoms with Crippen LogP contribution in [0.5, 0.6) is 0 Å². The van der Waals surface area contributed by atoms with Gasteiger partial charge in [-0.15, -0.1) is 0 Å². The van der Waals surface area contributed by atoms with Crippen molar-refractivity contribution in [3.8, 4) is 0 Å². The second kappa shape index (κ2) is 6.55. The van der Waals surface area contributed by atoms with Crippen LogP contribution in [0.2, 0.25) is 0 Å². The van der Waals surface area contributed by atoms with Crippen molar-refractivity contribution >= 4 is 17.4 Å². The predicted molar refractivity (Wildman–Crippen MR) is 99.0 cm³/mol. The number of ether oxygens (including phenoxy) is 1. The molecule has 1 aliphatic rings. The lowest BCUT2D eigenvalue weighted by Crippen LogP contribution is -2.14. The molecule has 0 saturated heterocycles. The van der Waals surface area contributed by atoms with Crippen molar-refractivity contribution in [1.82, 2.24) is 0 Å². The summed E-state index contributed by atoms with van der Waals surface area (Å²) >= 11 is 0. The third-order valence-corrected chi connectivity index (χ3v) is 4.16. The Morgan fingerprint density at radius 2 is 1.80 bits per heavy atom. The van der Waals surface area contributed by atoms with Crippen LogP contribution in [-0.4, -0.2) is 23.4 Å². The summed E-state index contributed by atoms with van der Waals surface area (Å²) in [6.07, 6.45) is 1.65. The van der Waals surface area contributed by atoms with E-state index in [1.807, 2.05) is 18.2 Å². The summed E-state index contributed by atoms with van der Waals surface area (Å²) in [7, 11) is 0. The summed E-state index contributed by atoms with van der Waals surface area (Å²) in [6.45, 7) is 6.86. The highest BCUT2D eigenvalue weighted by molar-refractivity contribution is 6.06. The van der Waals surface area contributed by atoms with Gasteiger partial charge in [-0.2, -0.15) is 0 Å². The highest BCUT2D eigenvalue weighted by Crippen LogP contribution is 2.26. The molecule has 0 aromatic heterocycles. The Kier molecular flexibility index (Phi) is 4.45. The molecular formula is C21H21NO3. The minimum atomic E-state index is -0.951. The van der Waals surface area contributed by atoms with Gasteiger partial charge in [-0.25, -0.2) is 9.79 Å². The van der Waals surface area contributed by atoms with Gasteiger partial charge >= 0.3 is 5.97 Å². The summed E-state index contributed by atoms with van der Waals surface area (Å²) in [6, 6.07) is 15.0. The first-order valence-electron chi connectivity index (χ1n) is 8.18. The molecule has 0 atom stereocenters. The average Bonchev–Trinajstić information content (AvgIpc) is 2.61. The summed E-state index contributed by atoms with van der Waals surface area (Å²) in [5.74, 6) is -0.951. The molecule has 0 fully saturated rings. The molecule has 0 amide bonds. The van der Waals surface area contributed by atoms with E-state index >= 15 is 0 Å². The first kappa shape index (κ1) is 17.0. The first-order valence-corrected chi connectivity index (χ1v) is 8.18. The molecule has 1 aliphatic heterocycles. The van der Waals surface area contributed by atoms with Gasteiger partial charge in [0, 0.05) is 11.1 Å². The largest absolute Gasteiger partial charge is 0.493 e. The number of rotatable bonds is 3. The molecule has 2 aromatic carbocycles. The molecule has 128 valence electrons. The fraction of sp³-hybridized carbons (Fsp3) is 0.238. The molecule has 1 N–H and O–H groups in total. The maximum atomic E-state index is 11.2. The van der Waals surface area contributed by atoms with E-state index in [-0.39, 0.29) is 11.0 Å². The highest BCUT2D eigenvalue weighted by Gasteiger charge is 2.16. The van der Waals surface area contributed by atoms with Crippen LogP contribution in [0.1, 0.15) is 47.8 Å². The Morgan fingerprint density at radius 1 is 1.08 bits per heavy atom. The molecule has 0 aliphatic carbocycles. The summed E-state index contributed by atoms with van der Waals surface area (Å²) in [5.41, 5.74) is 4.79. The van der Waals surface area contributed by atoms with E-state index in [1.54, 1.807) is 24.5 Å². The fourth-order valence-corrected chi connectivity index (χ4v) is 2.66. The van der Waals surface area contributed by atoms with Gasteiger partial charge in [0.15, 0.2) is 0 Å². The average molecular weight is 335 g/mol. The molecule has 1 heterocycles. The van der Waals surface area contributed by atoms with Crippen LogP contribution in [0, 0.1) is 0 Å². The lowest BCUT2D eigenvalue weighted by molar-refractivity contribution is 0.0697. The second-order valence-corrected chi connectivity index (χ2v) is 7.09. The van der Waals surface area contributed by atoms with Crippen LogP contribution in [0.15, 0.2) is 59.8 Å². The molecule has 0 radical (unpaired) electrons. The highest BCUT2D eigenvalue weighted by atomic mass is 16.5. The zero-order chi connectivity index (χ0) is 18.0. The number of aromatic carboxylic acids is 1. The van der Waals surface area contributed by atoms with E-state index in [9.17, 15) is 4.79 Å². The van der Waals surface area contributed by atoms with E-state index in [0.717, 1.165) is 22.5 Å². The Labute approximate surface area is 147 Å². The van der Waals surface area contributed by atoms with Crippen molar-refractivity contribution in [1.29, 1.82) is 0 Å². The standard InChI is InChI=1S/C21H21NO3/c1-21(2,3)17-9-7-14(8-10-17)18-12-25-13-19(22-18)15-5-4-6-16(11-15)20(23)24/h4-12H,13H2,1-3H3,(H,23,24). The van der Waals surface area contributed by atoms with Crippen molar-refractivity contribution in [3.63, 3.8) is 0 Å². The van der Waals surface area contributed by atoms with Crippen molar-refractivity contribution in [2.45, 2.75) is 26.2 Å². The lowest BCUT2D eigenvalue weighted by atomic mass is 9.86. The van der Waals surface area contributed by atoms with Gasteiger partial charge in [0.2, 0.25) is 0 Å². The topological polar surface area (TPSA) is 58.9 Å². The second-order valence-electron chi connectivity index (χ2n) is 7.09. The van der Waals surface area contributed by atoms with E-state index in [2.05, 4.69) is 37.9 Å². The third kappa shape index (κ3) is 3.79. The van der Waals surface area contributed by atoms with Crippen molar-refractivity contribution in [2.75, 3.05) is 6.61 Å². The molecule has 4 heteroatoms. The Balaban J connectivity index is 1.90. The number of hydrogen-bond acceptors (Lipinski definition) is 3. The maximum Gasteiger partial charge on any atom is 0.335 e. The van der Waals surface area contributed by atoms with Crippen LogP contribution in [0.3, 0.4) is 0 Å². The predicted octanol–water partition coefficient (Wildman–Crippen LogP) is 4.50. The van der Waals surface area contributed by atoms with Gasteiger partial charge in [-0.05, 0) is 23.1 Å². The Bertz CT molecular complexity index is 855. The fourth-order valence-electron chi connectivity index (χ4n) is 2.66. The molecule has 3 rings (SSSR count). The van der Waals surface area contributed by atoms with Gasteiger partial charge < -0.3 is 9.84 Å². The van der Waals surface area contributed by atoms with E-state index < -0.39 is 5.97 Å². The molecule has 0 saturated carbocycles. The molecular weight excluding hydrogens is 314 g/mol. The van der Waals surface area contributed by atoms with Gasteiger partial charge in [0.25, 0.3) is 0 Å². The number of carboxylic acid groups (broad SMARTS) is 1. The van der Waals surface area contributed by atoms with Crippen LogP contribution >= 0.6 is 0 Å². The van der Waals surface area contributed by atoms with Gasteiger partial charge in [-0.3, -0.25) is 0 Å². The van der Waals surface area contributed by atoms with Gasteiger partial charge in [0.05, 0.1) is 11.3 Å². The summed E-state index contributed by atoms with van der Waals surface area (Å²) < 4.78 is 5.56. The monoisotopic (exact) mass is 335 g/mol. The molecule has 0 unspecified atom stereocenters. The summed E-state index contributed by atoms with van der Waals surface area (Å²) in [4.78, 5) is 15.8. The van der Waals surface area contributed by atoms with E-state index in [0.29, 0.717) is 6.61 Å². The lowest BCUT2D eigenvalue weighted by Gasteiger charge is -2.20. The molecule has 25 heavy (non-hydrogen) atoms. The van der Waals surface area contributed by atoms with Crippen molar-refractivity contribution in [2.24, 2.45) is 4.99 Å². The zero-order valence-corrected chi connectivity index (χ0v) is 14.6. The van der Waals surface area contributed by atoms with Crippen LogP contribution in [-0.2, 0) is 10.2 Å². The molecule has 4 nitrogen and oxygen atoms in total. The van der Waals surface area contributed by atoms with Crippen LogP contribution in [0.25, 0.3) is 5.70 Å². The third-order valence-electron chi connectivity index (χ3n) is 4.16. The minimum Gasteiger partial charge on any atom is -0.493 e. The molecule has 0 bridgehead atoms. The normalized spacial score (nSPS) is 14.4. The van der Waals surface area contributed by atoms with E-state index in [1.165, 1.54) is 5.56 Å². The quantitative estimate of drug-likeness (QED) is 0.898. The SMILES string of the molecule is CC(C)(C)c1ccc(C2=COCC(c3cccc(C(=O)O)c3)=N2)cc1. The van der Waals surface area contributed by atoms with Crippen molar-refractivity contribution < 1.29 is 14.6 Å². The number of nitrogens with zero attached hydrogens (tertiary/aromatic N) is 1. The number of aliphatic imine (C=N–C) groups is 1. The van der Waals surface area contributed by atoms with Gasteiger partial charge in [-0.1, -0.05) is 57.2 Å². The van der Waals surface area contributed by atoms with Crippen LogP contribution < -0.4 is 0 Å². The Hall–Kier alpha value is -2.88. The van der Waals surface area contributed by atoms with Crippen LogP contribution in [0.4, 0.5) is 0 Å². The number of carbonyl (C=O) groups is 1. The number of hydrogen-bond donors (Lipinski definition) is 1. The molecule has 2 aromatic rings. The van der Waals surface area contributed by atoms with Gasteiger partial charge in [0.1, 0.15) is 18.6 Å². The smallest absolute Gasteiger partial charge is 0.335 e. The number of benzene rings is 2. The Morgan fingerprint density at radius 3 is 2.44 bits per heavy atom. The number of carboxylic acids is 1. The summed E-state index contributed by atoms with van der Waals surface area (Å²) in [5, 5.41) is 9.15. The van der Waals surface area contributed by atoms with E-state index in [4.69, 9.17) is 9.84 Å².